The van der Waals surface area contributed by atoms with E-state index in [4.69, 9.17) is 0 Å². The van der Waals surface area contributed by atoms with Crippen molar-refractivity contribution >= 4 is 17.4 Å². The lowest BCUT2D eigenvalue weighted by Crippen LogP contribution is -2.38. The number of nitrogens with zero attached hydrogens (tertiary/aromatic N) is 3. The third-order valence-corrected chi connectivity index (χ3v) is 3.67. The number of hydrogen-bond acceptors (Lipinski definition) is 5. The molecule has 1 saturated heterocycles. The second kappa shape index (κ2) is 4.88. The number of likely N-dealkylation sites (N-methyl/N-ethyl adjacent to an activating group) is 1. The van der Waals surface area contributed by atoms with E-state index in [-0.39, 0.29) is 5.91 Å². The third kappa shape index (κ3) is 2.38. The molecule has 1 aliphatic heterocycles. The molecule has 0 aliphatic carbocycles. The maximum atomic E-state index is 12.0. The predicted molar refractivity (Wildman–Crippen MR) is 62.6 cm³/mol. The largest absolute Gasteiger partial charge is 0.339 e. The van der Waals surface area contributed by atoms with Crippen molar-refractivity contribution in [1.29, 1.82) is 0 Å². The lowest BCUT2D eigenvalue weighted by molar-refractivity contribution is 0.0787. The van der Waals surface area contributed by atoms with Crippen LogP contribution in [0.25, 0.3) is 0 Å². The van der Waals surface area contributed by atoms with Gasteiger partial charge in [0.05, 0.1) is 5.69 Å². The van der Waals surface area contributed by atoms with Gasteiger partial charge in [0.2, 0.25) is 0 Å². The van der Waals surface area contributed by atoms with Gasteiger partial charge >= 0.3 is 0 Å². The molecule has 0 aromatic carbocycles. The molecule has 1 unspecified atom stereocenters. The van der Waals surface area contributed by atoms with Gasteiger partial charge in [-0.15, -0.1) is 5.10 Å². The van der Waals surface area contributed by atoms with Crippen LogP contribution in [0.2, 0.25) is 0 Å². The zero-order chi connectivity index (χ0) is 11.5. The van der Waals surface area contributed by atoms with Crippen LogP contribution in [0.15, 0.2) is 0 Å². The number of carbonyl (C=O) groups excluding carboxylic acids is 1. The van der Waals surface area contributed by atoms with Crippen molar-refractivity contribution in [3.8, 4) is 0 Å². The average Bonchev–Trinajstić information content (AvgIpc) is 2.88. The van der Waals surface area contributed by atoms with Gasteiger partial charge in [-0.25, -0.2) is 0 Å². The van der Waals surface area contributed by atoms with Crippen molar-refractivity contribution in [2.45, 2.75) is 25.8 Å². The standard InChI is InChI=1S/C10H16N4OS/c1-7-9(16-13-12-7)10(15)14(2)6-8-4-3-5-11-8/h8,11H,3-6H2,1-2H3. The summed E-state index contributed by atoms with van der Waals surface area (Å²) in [5, 5.41) is 7.24. The van der Waals surface area contributed by atoms with E-state index in [2.05, 4.69) is 14.9 Å². The zero-order valence-corrected chi connectivity index (χ0v) is 10.4. The van der Waals surface area contributed by atoms with Crippen LogP contribution in [-0.2, 0) is 0 Å². The highest BCUT2D eigenvalue weighted by Gasteiger charge is 2.22. The first kappa shape index (κ1) is 11.5. The fraction of sp³-hybridized carbons (Fsp3) is 0.700. The normalized spacial score (nSPS) is 20.0. The second-order valence-electron chi connectivity index (χ2n) is 4.17. The molecular formula is C10H16N4OS. The molecule has 1 aromatic heterocycles. The molecule has 0 radical (unpaired) electrons. The topological polar surface area (TPSA) is 58.1 Å². The Balaban J connectivity index is 1.96. The molecule has 1 aliphatic rings. The van der Waals surface area contributed by atoms with Crippen LogP contribution >= 0.6 is 11.5 Å². The van der Waals surface area contributed by atoms with E-state index < -0.39 is 0 Å². The number of nitrogens with one attached hydrogen (secondary N) is 1. The van der Waals surface area contributed by atoms with Crippen LogP contribution in [0, 0.1) is 6.92 Å². The number of hydrogen-bond donors (Lipinski definition) is 1. The summed E-state index contributed by atoms with van der Waals surface area (Å²) in [6, 6.07) is 0.440. The molecule has 16 heavy (non-hydrogen) atoms. The number of aromatic nitrogens is 2. The van der Waals surface area contributed by atoms with E-state index in [1.165, 1.54) is 18.0 Å². The number of rotatable bonds is 3. The fourth-order valence-electron chi connectivity index (χ4n) is 1.93. The van der Waals surface area contributed by atoms with E-state index in [0.29, 0.717) is 10.9 Å². The van der Waals surface area contributed by atoms with Crippen molar-refractivity contribution < 1.29 is 4.79 Å². The molecule has 0 saturated carbocycles. The number of carbonyl (C=O) groups is 1. The monoisotopic (exact) mass is 240 g/mol. The summed E-state index contributed by atoms with van der Waals surface area (Å²) in [4.78, 5) is 14.5. The summed E-state index contributed by atoms with van der Waals surface area (Å²) >= 11 is 1.17. The summed E-state index contributed by atoms with van der Waals surface area (Å²) in [5.74, 6) is 0.0289. The molecule has 0 bridgehead atoms. The molecule has 1 amide bonds. The van der Waals surface area contributed by atoms with Gasteiger partial charge in [-0.05, 0) is 37.8 Å². The van der Waals surface area contributed by atoms with Gasteiger partial charge in [0.15, 0.2) is 0 Å². The molecule has 0 spiro atoms. The van der Waals surface area contributed by atoms with Gasteiger partial charge in [0.1, 0.15) is 4.88 Å². The van der Waals surface area contributed by atoms with Crippen molar-refractivity contribution in [3.63, 3.8) is 0 Å². The van der Waals surface area contributed by atoms with Crippen LogP contribution in [0.3, 0.4) is 0 Å². The summed E-state index contributed by atoms with van der Waals surface area (Å²) in [7, 11) is 1.83. The summed E-state index contributed by atoms with van der Waals surface area (Å²) in [5.41, 5.74) is 0.723. The van der Waals surface area contributed by atoms with E-state index in [1.54, 1.807) is 4.90 Å². The van der Waals surface area contributed by atoms with Gasteiger partial charge in [-0.2, -0.15) is 0 Å². The Morgan fingerprint density at radius 3 is 3.06 bits per heavy atom. The van der Waals surface area contributed by atoms with Gasteiger partial charge in [-0.3, -0.25) is 4.79 Å². The van der Waals surface area contributed by atoms with Gasteiger partial charge in [0.25, 0.3) is 5.91 Å². The Morgan fingerprint density at radius 2 is 2.50 bits per heavy atom. The molecule has 88 valence electrons. The first-order valence-electron chi connectivity index (χ1n) is 5.46. The smallest absolute Gasteiger partial charge is 0.267 e. The predicted octanol–water partition coefficient (Wildman–Crippen LogP) is 0.671. The second-order valence-corrected chi connectivity index (χ2v) is 4.92. The molecule has 1 fully saturated rings. The highest BCUT2D eigenvalue weighted by Crippen LogP contribution is 2.13. The van der Waals surface area contributed by atoms with Crippen LogP contribution in [-0.4, -0.2) is 46.6 Å². The SMILES string of the molecule is Cc1nnsc1C(=O)N(C)CC1CCCN1. The Hall–Kier alpha value is -1.01. The minimum atomic E-state index is 0.0289. The van der Waals surface area contributed by atoms with Crippen molar-refractivity contribution in [2.75, 3.05) is 20.1 Å². The average molecular weight is 240 g/mol. The number of aryl methyl sites for hydroxylation is 1. The Kier molecular flexibility index (Phi) is 3.50. The van der Waals surface area contributed by atoms with Gasteiger partial charge in [-0.1, -0.05) is 4.49 Å². The minimum Gasteiger partial charge on any atom is -0.339 e. The van der Waals surface area contributed by atoms with Crippen LogP contribution in [0.4, 0.5) is 0 Å². The molecule has 2 rings (SSSR count). The fourth-order valence-corrected chi connectivity index (χ4v) is 2.58. The molecule has 1 N–H and O–H groups in total. The Labute approximate surface area is 99.0 Å². The molecule has 1 atom stereocenters. The van der Waals surface area contributed by atoms with E-state index >= 15 is 0 Å². The van der Waals surface area contributed by atoms with Gasteiger partial charge in [0, 0.05) is 19.6 Å². The van der Waals surface area contributed by atoms with Crippen LogP contribution < -0.4 is 5.32 Å². The van der Waals surface area contributed by atoms with Crippen molar-refractivity contribution in [2.24, 2.45) is 0 Å². The van der Waals surface area contributed by atoms with Crippen molar-refractivity contribution in [3.05, 3.63) is 10.6 Å². The van der Waals surface area contributed by atoms with Crippen molar-refractivity contribution in [1.82, 2.24) is 19.8 Å². The third-order valence-electron chi connectivity index (χ3n) is 2.85. The molecule has 2 heterocycles. The van der Waals surface area contributed by atoms with Gasteiger partial charge < -0.3 is 10.2 Å². The van der Waals surface area contributed by atoms with E-state index in [0.717, 1.165) is 25.2 Å². The minimum absolute atomic E-state index is 0.0289. The quantitative estimate of drug-likeness (QED) is 0.843. The molecule has 6 heteroatoms. The molecule has 1 aromatic rings. The Morgan fingerprint density at radius 1 is 1.69 bits per heavy atom. The Bertz CT molecular complexity index is 373. The first-order valence-corrected chi connectivity index (χ1v) is 6.23. The molecule has 5 nitrogen and oxygen atoms in total. The lowest BCUT2D eigenvalue weighted by Gasteiger charge is -2.20. The first-order chi connectivity index (χ1) is 7.68. The molecular weight excluding hydrogens is 224 g/mol. The van der Waals surface area contributed by atoms with Crippen LogP contribution in [0.1, 0.15) is 28.2 Å². The van der Waals surface area contributed by atoms with E-state index in [1.807, 2.05) is 14.0 Å². The summed E-state index contributed by atoms with van der Waals surface area (Å²) < 4.78 is 3.79. The maximum absolute atomic E-state index is 12.0. The summed E-state index contributed by atoms with van der Waals surface area (Å²) in [6.07, 6.45) is 2.35. The zero-order valence-electron chi connectivity index (χ0n) is 9.56. The van der Waals surface area contributed by atoms with E-state index in [9.17, 15) is 4.79 Å². The van der Waals surface area contributed by atoms with Crippen LogP contribution in [0.5, 0.6) is 0 Å². The maximum Gasteiger partial charge on any atom is 0.267 e. The summed E-state index contributed by atoms with van der Waals surface area (Å²) in [6.45, 7) is 3.64. The number of amides is 1. The highest BCUT2D eigenvalue weighted by atomic mass is 32.1. The lowest BCUT2D eigenvalue weighted by atomic mass is 10.2. The highest BCUT2D eigenvalue weighted by molar-refractivity contribution is 7.07.